The molecule has 1 amide bonds. The number of amides is 1. The van der Waals surface area contributed by atoms with Gasteiger partial charge in [0.1, 0.15) is 6.61 Å². The molecule has 0 saturated heterocycles. The van der Waals surface area contributed by atoms with E-state index in [9.17, 15) is 33.7 Å². The largest absolute Gasteiger partial charge is 1.00 e. The fraction of sp³-hybridized carbons (Fsp3) is 0.826. The molecule has 0 fully saturated rings. The molecule has 1 unspecified atom stereocenters. The first-order valence-electron chi connectivity index (χ1n) is 23.3. The van der Waals surface area contributed by atoms with Crippen LogP contribution >= 0.6 is 7.82 Å². The molecule has 0 aromatic heterocycles. The number of phosphoric ester groups is 1. The monoisotopic (exact) mass is 880 g/mol. The minimum Gasteiger partial charge on any atom is -0.550 e. The van der Waals surface area contributed by atoms with Gasteiger partial charge in [0.2, 0.25) is 5.91 Å². The number of carbonyl (C=O) groups excluding carboxylic acids is 4. The molecule has 0 aliphatic heterocycles. The van der Waals surface area contributed by atoms with E-state index < -0.39 is 44.3 Å². The quantitative estimate of drug-likeness (QED) is 0.0202. The SMILES string of the molecule is CCCCCCCC/C=C\CCCCCCCC(=O)OC[C@H](COP(=O)(O)OCCNC(=O)CCCC(=O)[O-])OC(=O)CCCCCCC/C=C\CCCCCCCC.[Na+]. The van der Waals surface area contributed by atoms with Gasteiger partial charge in [0.15, 0.2) is 6.10 Å². The molecule has 344 valence electrons. The Balaban J connectivity index is 0. The Morgan fingerprint density at radius 2 is 1.00 bits per heavy atom. The molecular formula is C46H83NNaO11P. The first kappa shape index (κ1) is 60.6. The van der Waals surface area contributed by atoms with Crippen LogP contribution in [-0.2, 0) is 42.3 Å². The summed E-state index contributed by atoms with van der Waals surface area (Å²) < 4.78 is 33.4. The van der Waals surface area contributed by atoms with Gasteiger partial charge in [-0.1, -0.05) is 141 Å². The number of carboxylic acids is 1. The molecule has 14 heteroatoms. The molecule has 2 N–H and O–H groups in total. The van der Waals surface area contributed by atoms with E-state index in [0.29, 0.717) is 12.8 Å². The van der Waals surface area contributed by atoms with Crippen molar-refractivity contribution in [3.8, 4) is 0 Å². The van der Waals surface area contributed by atoms with Gasteiger partial charge in [-0.3, -0.25) is 23.4 Å². The van der Waals surface area contributed by atoms with Crippen LogP contribution < -0.4 is 40.0 Å². The minimum atomic E-state index is -4.61. The van der Waals surface area contributed by atoms with Crippen LogP contribution in [0.4, 0.5) is 0 Å². The standard InChI is InChI=1S/C46H84NO11P.Na/c1-3-5-7-9-11-13-15-17-19-21-23-25-27-29-31-36-45(51)55-40-42(41-57-59(53,54)56-39-38-47-43(48)34-33-35-44(49)50)58-46(52)37-32-30-28-26-24-22-20-18-16-14-12-10-8-6-4-2;/h17-20,42H,3-16,21-41H2,1-2H3,(H,47,48)(H,49,50)(H,53,54);/q;+1/p-1/b19-17-,20-18-;/t42-;/m1./s1. The summed E-state index contributed by atoms with van der Waals surface area (Å²) in [5.74, 6) is -2.65. The van der Waals surface area contributed by atoms with Crippen molar-refractivity contribution in [1.82, 2.24) is 5.32 Å². The number of carboxylic acid groups (broad SMARTS) is 1. The van der Waals surface area contributed by atoms with Crippen molar-refractivity contribution in [2.45, 2.75) is 219 Å². The Bertz CT molecular complexity index is 1150. The zero-order valence-electron chi connectivity index (χ0n) is 38.1. The van der Waals surface area contributed by atoms with E-state index in [1.807, 2.05) is 0 Å². The summed E-state index contributed by atoms with van der Waals surface area (Å²) in [6.45, 7) is 3.14. The average molecular weight is 880 g/mol. The third kappa shape index (κ3) is 46.0. The second kappa shape index (κ2) is 45.5. The summed E-state index contributed by atoms with van der Waals surface area (Å²) in [5.41, 5.74) is 0. The Labute approximate surface area is 386 Å². The van der Waals surface area contributed by atoms with E-state index in [2.05, 4.69) is 43.5 Å². The van der Waals surface area contributed by atoms with Crippen LogP contribution in [0.3, 0.4) is 0 Å². The number of aliphatic carboxylic acids is 1. The fourth-order valence-electron chi connectivity index (χ4n) is 6.35. The number of rotatable bonds is 44. The first-order chi connectivity index (χ1) is 28.6. The maximum atomic E-state index is 12.7. The van der Waals surface area contributed by atoms with Crippen LogP contribution in [0, 0.1) is 0 Å². The summed E-state index contributed by atoms with van der Waals surface area (Å²) in [6, 6.07) is 0. The zero-order chi connectivity index (χ0) is 43.5. The minimum absolute atomic E-state index is 0. The number of allylic oxidation sites excluding steroid dienone is 4. The van der Waals surface area contributed by atoms with Crippen molar-refractivity contribution in [3.63, 3.8) is 0 Å². The summed E-state index contributed by atoms with van der Waals surface area (Å²) >= 11 is 0. The molecule has 60 heavy (non-hydrogen) atoms. The third-order valence-corrected chi connectivity index (χ3v) is 10.9. The maximum absolute atomic E-state index is 12.7. The Morgan fingerprint density at radius 3 is 1.47 bits per heavy atom. The van der Waals surface area contributed by atoms with Crippen molar-refractivity contribution in [2.24, 2.45) is 0 Å². The molecule has 0 saturated carbocycles. The van der Waals surface area contributed by atoms with E-state index in [1.54, 1.807) is 0 Å². The number of unbranched alkanes of at least 4 members (excludes halogenated alkanes) is 22. The van der Waals surface area contributed by atoms with Crippen LogP contribution in [0.25, 0.3) is 0 Å². The zero-order valence-corrected chi connectivity index (χ0v) is 41.0. The number of hydrogen-bond acceptors (Lipinski definition) is 10. The Kier molecular flexibility index (Phi) is 45.9. The topological polar surface area (TPSA) is 178 Å². The van der Waals surface area contributed by atoms with E-state index in [0.717, 1.165) is 77.0 Å². The van der Waals surface area contributed by atoms with Crippen molar-refractivity contribution in [1.29, 1.82) is 0 Å². The molecular weight excluding hydrogens is 796 g/mol. The van der Waals surface area contributed by atoms with Crippen LogP contribution in [0.1, 0.15) is 213 Å². The van der Waals surface area contributed by atoms with Crippen LogP contribution in [-0.4, -0.2) is 61.2 Å². The number of carbonyl (C=O) groups is 4. The molecule has 0 aliphatic carbocycles. The van der Waals surface area contributed by atoms with Gasteiger partial charge in [-0.15, -0.1) is 0 Å². The van der Waals surface area contributed by atoms with Crippen LogP contribution in [0.2, 0.25) is 0 Å². The van der Waals surface area contributed by atoms with Crippen LogP contribution in [0.5, 0.6) is 0 Å². The van der Waals surface area contributed by atoms with Crippen LogP contribution in [0.15, 0.2) is 24.3 Å². The summed E-state index contributed by atoms with van der Waals surface area (Å²) in [6.07, 6.45) is 37.9. The number of phosphoric acid groups is 1. The molecule has 0 aromatic carbocycles. The summed E-state index contributed by atoms with van der Waals surface area (Å²) in [5, 5.41) is 13.0. The number of esters is 2. The molecule has 0 heterocycles. The second-order valence-electron chi connectivity index (χ2n) is 15.6. The van der Waals surface area contributed by atoms with Crippen molar-refractivity contribution < 1.29 is 81.8 Å². The van der Waals surface area contributed by atoms with Gasteiger partial charge in [0.25, 0.3) is 0 Å². The Hall–Kier alpha value is -1.53. The Morgan fingerprint density at radius 1 is 0.567 bits per heavy atom. The van der Waals surface area contributed by atoms with Gasteiger partial charge in [0.05, 0.1) is 13.2 Å². The van der Waals surface area contributed by atoms with Crippen molar-refractivity contribution in [2.75, 3.05) is 26.4 Å². The number of ether oxygens (including phenoxy) is 2. The fourth-order valence-corrected chi connectivity index (χ4v) is 7.10. The predicted octanol–water partition coefficient (Wildman–Crippen LogP) is 7.69. The molecule has 0 bridgehead atoms. The molecule has 0 radical (unpaired) electrons. The van der Waals surface area contributed by atoms with Gasteiger partial charge in [-0.2, -0.15) is 0 Å². The normalized spacial score (nSPS) is 12.9. The second-order valence-corrected chi connectivity index (χ2v) is 17.1. The molecule has 0 aromatic rings. The van der Waals surface area contributed by atoms with Gasteiger partial charge < -0.3 is 29.6 Å². The smallest absolute Gasteiger partial charge is 0.550 e. The van der Waals surface area contributed by atoms with Crippen molar-refractivity contribution in [3.05, 3.63) is 24.3 Å². The van der Waals surface area contributed by atoms with E-state index in [4.69, 9.17) is 18.5 Å². The molecule has 0 rings (SSSR count). The van der Waals surface area contributed by atoms with Gasteiger partial charge in [0, 0.05) is 31.8 Å². The number of hydrogen-bond donors (Lipinski definition) is 2. The molecule has 12 nitrogen and oxygen atoms in total. The van der Waals surface area contributed by atoms with E-state index in [-0.39, 0.29) is 81.4 Å². The molecule has 2 atom stereocenters. The van der Waals surface area contributed by atoms with Gasteiger partial charge in [-0.05, 0) is 77.0 Å². The summed E-state index contributed by atoms with van der Waals surface area (Å²) in [7, 11) is -4.61. The van der Waals surface area contributed by atoms with Gasteiger partial charge >= 0.3 is 49.3 Å². The maximum Gasteiger partial charge on any atom is 1.00 e. The third-order valence-electron chi connectivity index (χ3n) is 9.90. The molecule has 0 aliphatic rings. The summed E-state index contributed by atoms with van der Waals surface area (Å²) in [4.78, 5) is 57.7. The van der Waals surface area contributed by atoms with Gasteiger partial charge in [-0.25, -0.2) is 4.57 Å². The van der Waals surface area contributed by atoms with E-state index in [1.165, 1.54) is 77.0 Å². The van der Waals surface area contributed by atoms with E-state index >= 15 is 0 Å². The molecule has 0 spiro atoms. The predicted molar refractivity (Wildman–Crippen MR) is 233 cm³/mol. The average Bonchev–Trinajstić information content (AvgIpc) is 3.20. The first-order valence-corrected chi connectivity index (χ1v) is 24.8. The number of nitrogens with one attached hydrogen (secondary N) is 1. The van der Waals surface area contributed by atoms with Crippen molar-refractivity contribution >= 4 is 31.6 Å².